The molecule has 2 nitrogen and oxygen atoms in total. The molecule has 1 atom stereocenters. The largest absolute Gasteiger partial charge is 0.296 e. The summed E-state index contributed by atoms with van der Waals surface area (Å²) in [6, 6.07) is 6.10. The lowest BCUT2D eigenvalue weighted by Crippen LogP contribution is -2.27. The second-order valence-corrected chi connectivity index (χ2v) is 3.93. The van der Waals surface area contributed by atoms with Crippen LogP contribution in [0.4, 0.5) is 4.39 Å². The monoisotopic (exact) mass is 226 g/mol. The van der Waals surface area contributed by atoms with Crippen molar-refractivity contribution in [1.82, 2.24) is 5.32 Å². The van der Waals surface area contributed by atoms with Crippen molar-refractivity contribution < 1.29 is 4.39 Å². The molecule has 4 heteroatoms. The number of rotatable bonds is 3. The second kappa shape index (κ2) is 5.11. The van der Waals surface area contributed by atoms with Crippen molar-refractivity contribution in [3.05, 3.63) is 34.6 Å². The summed E-state index contributed by atoms with van der Waals surface area (Å²) >= 11 is 5.64. The predicted octanol–water partition coefficient (Wildman–Crippen LogP) is 3.04. The van der Waals surface area contributed by atoms with Gasteiger partial charge in [-0.05, 0) is 19.9 Å². The van der Waals surface area contributed by atoms with Crippen LogP contribution in [0.1, 0.15) is 25.5 Å². The van der Waals surface area contributed by atoms with Gasteiger partial charge in [0.15, 0.2) is 0 Å². The smallest absolute Gasteiger partial charge is 0.147 e. The van der Waals surface area contributed by atoms with E-state index >= 15 is 0 Å². The zero-order valence-corrected chi connectivity index (χ0v) is 9.35. The number of nitrogens with one attached hydrogen (secondary N) is 1. The fourth-order valence-corrected chi connectivity index (χ4v) is 1.46. The highest BCUT2D eigenvalue weighted by atomic mass is 35.5. The van der Waals surface area contributed by atoms with E-state index in [-0.39, 0.29) is 11.1 Å². The molecule has 0 fully saturated rings. The zero-order chi connectivity index (χ0) is 11.4. The van der Waals surface area contributed by atoms with Gasteiger partial charge >= 0.3 is 0 Å². The fourth-order valence-electron chi connectivity index (χ4n) is 1.27. The van der Waals surface area contributed by atoms with Crippen molar-refractivity contribution in [2.45, 2.75) is 25.9 Å². The molecule has 1 unspecified atom stereocenters. The van der Waals surface area contributed by atoms with Gasteiger partial charge in [0.1, 0.15) is 11.9 Å². The fraction of sp³-hybridized carbons (Fsp3) is 0.364. The van der Waals surface area contributed by atoms with E-state index in [0.717, 1.165) is 0 Å². The minimum absolute atomic E-state index is 0.0401. The normalized spacial score (nSPS) is 12.5. The van der Waals surface area contributed by atoms with Gasteiger partial charge in [-0.2, -0.15) is 5.26 Å². The van der Waals surface area contributed by atoms with Crippen LogP contribution in [0.3, 0.4) is 0 Å². The lowest BCUT2D eigenvalue weighted by atomic mass is 10.1. The molecule has 15 heavy (non-hydrogen) atoms. The van der Waals surface area contributed by atoms with E-state index in [2.05, 4.69) is 5.32 Å². The Labute approximate surface area is 93.7 Å². The summed E-state index contributed by atoms with van der Waals surface area (Å²) in [6.45, 7) is 3.79. The van der Waals surface area contributed by atoms with E-state index in [9.17, 15) is 4.39 Å². The highest BCUT2D eigenvalue weighted by Crippen LogP contribution is 2.23. The summed E-state index contributed by atoms with van der Waals surface area (Å²) in [4.78, 5) is 0. The number of hydrogen-bond acceptors (Lipinski definition) is 2. The van der Waals surface area contributed by atoms with E-state index in [1.807, 2.05) is 19.9 Å². The van der Waals surface area contributed by atoms with Gasteiger partial charge in [0.25, 0.3) is 0 Å². The number of nitriles is 1. The summed E-state index contributed by atoms with van der Waals surface area (Å²) in [5.41, 5.74) is 0.290. The Kier molecular flexibility index (Phi) is 4.07. The molecule has 0 spiro atoms. The van der Waals surface area contributed by atoms with E-state index in [1.165, 1.54) is 6.07 Å². The van der Waals surface area contributed by atoms with E-state index in [0.29, 0.717) is 5.56 Å². The van der Waals surface area contributed by atoms with Gasteiger partial charge in [-0.25, -0.2) is 4.39 Å². The SMILES string of the molecule is CC(C)NC(C#N)c1cccc(Cl)c1F. The number of hydrogen-bond donors (Lipinski definition) is 1. The summed E-state index contributed by atoms with van der Waals surface area (Å²) < 4.78 is 13.6. The van der Waals surface area contributed by atoms with Crippen LogP contribution in [0.2, 0.25) is 5.02 Å². The van der Waals surface area contributed by atoms with Gasteiger partial charge in [0.2, 0.25) is 0 Å². The lowest BCUT2D eigenvalue weighted by molar-refractivity contribution is 0.518. The molecule has 1 rings (SSSR count). The van der Waals surface area contributed by atoms with Crippen LogP contribution in [0, 0.1) is 17.1 Å². The maximum absolute atomic E-state index is 13.6. The van der Waals surface area contributed by atoms with Crippen molar-refractivity contribution in [3.8, 4) is 6.07 Å². The Hall–Kier alpha value is -1.11. The third kappa shape index (κ3) is 2.92. The molecule has 0 aliphatic heterocycles. The average molecular weight is 227 g/mol. The number of nitrogens with zero attached hydrogens (tertiary/aromatic N) is 1. The van der Waals surface area contributed by atoms with E-state index < -0.39 is 11.9 Å². The number of halogens is 2. The molecule has 0 amide bonds. The number of benzene rings is 1. The van der Waals surface area contributed by atoms with Crippen molar-refractivity contribution in [1.29, 1.82) is 5.26 Å². The summed E-state index contributed by atoms with van der Waals surface area (Å²) in [5, 5.41) is 11.9. The quantitative estimate of drug-likeness (QED) is 0.860. The molecule has 0 radical (unpaired) electrons. The minimum atomic E-state index is -0.663. The maximum atomic E-state index is 13.6. The highest BCUT2D eigenvalue weighted by Gasteiger charge is 2.17. The first-order valence-electron chi connectivity index (χ1n) is 4.65. The molecule has 0 aliphatic carbocycles. The van der Waals surface area contributed by atoms with Gasteiger partial charge < -0.3 is 0 Å². The zero-order valence-electron chi connectivity index (χ0n) is 8.59. The van der Waals surface area contributed by atoms with Crippen LogP contribution in [-0.4, -0.2) is 6.04 Å². The summed E-state index contributed by atoms with van der Waals surface area (Å²) in [5.74, 6) is -0.529. The first-order chi connectivity index (χ1) is 7.06. The Balaban J connectivity index is 3.03. The third-order valence-electron chi connectivity index (χ3n) is 1.92. The minimum Gasteiger partial charge on any atom is -0.296 e. The Morgan fingerprint density at radius 3 is 2.67 bits per heavy atom. The van der Waals surface area contributed by atoms with Gasteiger partial charge in [-0.15, -0.1) is 0 Å². The molecule has 0 heterocycles. The molecule has 1 aromatic rings. The lowest BCUT2D eigenvalue weighted by Gasteiger charge is -2.15. The Morgan fingerprint density at radius 1 is 1.47 bits per heavy atom. The van der Waals surface area contributed by atoms with Crippen LogP contribution in [0.5, 0.6) is 0 Å². The van der Waals surface area contributed by atoms with Crippen LogP contribution in [0.25, 0.3) is 0 Å². The maximum Gasteiger partial charge on any atom is 0.147 e. The predicted molar refractivity (Wildman–Crippen MR) is 58.0 cm³/mol. The van der Waals surface area contributed by atoms with E-state index in [1.54, 1.807) is 12.1 Å². The summed E-state index contributed by atoms with van der Waals surface area (Å²) in [7, 11) is 0. The second-order valence-electron chi connectivity index (χ2n) is 3.53. The molecule has 0 aromatic heterocycles. The molecule has 0 saturated heterocycles. The van der Waals surface area contributed by atoms with Crippen molar-refractivity contribution >= 4 is 11.6 Å². The molecule has 0 aliphatic rings. The van der Waals surface area contributed by atoms with Gasteiger partial charge in [0.05, 0.1) is 11.1 Å². The van der Waals surface area contributed by atoms with Gasteiger partial charge in [0, 0.05) is 11.6 Å². The molecule has 0 bridgehead atoms. The van der Waals surface area contributed by atoms with Crippen molar-refractivity contribution in [2.24, 2.45) is 0 Å². The van der Waals surface area contributed by atoms with Crippen LogP contribution >= 0.6 is 11.6 Å². The van der Waals surface area contributed by atoms with Crippen molar-refractivity contribution in [3.63, 3.8) is 0 Å². The van der Waals surface area contributed by atoms with Gasteiger partial charge in [-0.3, -0.25) is 5.32 Å². The van der Waals surface area contributed by atoms with E-state index in [4.69, 9.17) is 16.9 Å². The third-order valence-corrected chi connectivity index (χ3v) is 2.21. The molecule has 80 valence electrons. The standard InChI is InChI=1S/C11H12ClFN2/c1-7(2)15-10(6-14)8-4-3-5-9(12)11(8)13/h3-5,7,10,15H,1-2H3. The average Bonchev–Trinajstić information content (AvgIpc) is 2.19. The van der Waals surface area contributed by atoms with Crippen LogP contribution in [-0.2, 0) is 0 Å². The topological polar surface area (TPSA) is 35.8 Å². The molecule has 0 saturated carbocycles. The summed E-state index contributed by atoms with van der Waals surface area (Å²) in [6.07, 6.45) is 0. The molecular formula is C11H12ClFN2. The Morgan fingerprint density at radius 2 is 2.13 bits per heavy atom. The highest BCUT2D eigenvalue weighted by molar-refractivity contribution is 6.30. The molecular weight excluding hydrogens is 215 g/mol. The molecule has 1 aromatic carbocycles. The van der Waals surface area contributed by atoms with Gasteiger partial charge in [-0.1, -0.05) is 23.7 Å². The molecule has 1 N–H and O–H groups in total. The van der Waals surface area contributed by atoms with Crippen LogP contribution < -0.4 is 5.32 Å². The first-order valence-corrected chi connectivity index (χ1v) is 5.03. The first kappa shape index (κ1) is 12.0. The van der Waals surface area contributed by atoms with Crippen molar-refractivity contribution in [2.75, 3.05) is 0 Å². The Bertz CT molecular complexity index is 385. The van der Waals surface area contributed by atoms with Crippen LogP contribution in [0.15, 0.2) is 18.2 Å².